The molecular formula is C23H31FO3. The molecule has 0 aliphatic heterocycles. The van der Waals surface area contributed by atoms with Crippen molar-refractivity contribution in [1.82, 2.24) is 0 Å². The molecule has 4 heteroatoms. The average Bonchev–Trinajstić information content (AvgIpc) is 3.15. The molecule has 3 atom stereocenters. The van der Waals surface area contributed by atoms with Crippen LogP contribution in [0.4, 0.5) is 4.39 Å². The Morgan fingerprint density at radius 1 is 1.26 bits per heavy atom. The van der Waals surface area contributed by atoms with Crippen molar-refractivity contribution >= 4 is 5.97 Å². The first-order valence-electron chi connectivity index (χ1n) is 9.91. The summed E-state index contributed by atoms with van der Waals surface area (Å²) in [6.45, 7) is 0.0536. The van der Waals surface area contributed by atoms with E-state index in [0.29, 0.717) is 24.0 Å². The number of rotatable bonds is 11. The molecule has 0 amide bonds. The summed E-state index contributed by atoms with van der Waals surface area (Å²) in [6, 6.07) is 9.34. The van der Waals surface area contributed by atoms with Crippen molar-refractivity contribution in [3.63, 3.8) is 0 Å². The Hall–Kier alpha value is -2.10. The minimum absolute atomic E-state index is 0.0536. The summed E-state index contributed by atoms with van der Waals surface area (Å²) in [7, 11) is 1.42. The number of alkyl halides is 1. The summed E-state index contributed by atoms with van der Waals surface area (Å²) in [6.07, 6.45) is 13.7. The molecule has 0 unspecified atom stereocenters. The molecule has 0 spiro atoms. The van der Waals surface area contributed by atoms with Crippen molar-refractivity contribution in [1.29, 1.82) is 0 Å². The van der Waals surface area contributed by atoms with Crippen molar-refractivity contribution in [2.45, 2.75) is 51.1 Å². The van der Waals surface area contributed by atoms with Gasteiger partial charge < -0.3 is 9.47 Å². The highest BCUT2D eigenvalue weighted by Gasteiger charge is 2.24. The lowest BCUT2D eigenvalue weighted by Gasteiger charge is -2.14. The number of hydrogen-bond donors (Lipinski definition) is 0. The zero-order chi connectivity index (χ0) is 19.3. The van der Waals surface area contributed by atoms with Gasteiger partial charge in [0, 0.05) is 6.42 Å². The molecule has 148 valence electrons. The van der Waals surface area contributed by atoms with E-state index in [9.17, 15) is 9.18 Å². The second kappa shape index (κ2) is 12.3. The molecule has 0 N–H and O–H groups in total. The van der Waals surface area contributed by atoms with E-state index in [2.05, 4.69) is 16.9 Å². The van der Waals surface area contributed by atoms with Gasteiger partial charge in [0.05, 0.1) is 7.11 Å². The number of methoxy groups -OCH3 is 1. The molecule has 1 saturated carbocycles. The zero-order valence-corrected chi connectivity index (χ0v) is 16.2. The van der Waals surface area contributed by atoms with Gasteiger partial charge in [0.25, 0.3) is 0 Å². The van der Waals surface area contributed by atoms with Gasteiger partial charge in [0.15, 0.2) is 6.17 Å². The molecule has 2 rings (SSSR count). The van der Waals surface area contributed by atoms with Crippen LogP contribution in [0, 0.1) is 11.8 Å². The number of para-hydroxylation sites is 1. The van der Waals surface area contributed by atoms with Gasteiger partial charge in [0.1, 0.15) is 12.4 Å². The largest absolute Gasteiger partial charge is 0.490 e. The lowest BCUT2D eigenvalue weighted by atomic mass is 9.92. The van der Waals surface area contributed by atoms with Crippen LogP contribution in [-0.4, -0.2) is 25.9 Å². The van der Waals surface area contributed by atoms with Gasteiger partial charge in [-0.1, -0.05) is 48.9 Å². The summed E-state index contributed by atoms with van der Waals surface area (Å²) in [4.78, 5) is 11.1. The molecule has 0 heterocycles. The molecule has 0 radical (unpaired) electrons. The van der Waals surface area contributed by atoms with Gasteiger partial charge in [-0.05, 0) is 56.1 Å². The number of halogens is 1. The molecule has 0 bridgehead atoms. The highest BCUT2D eigenvalue weighted by Crippen LogP contribution is 2.35. The van der Waals surface area contributed by atoms with Gasteiger partial charge in [-0.3, -0.25) is 4.79 Å². The summed E-state index contributed by atoms with van der Waals surface area (Å²) < 4.78 is 24.2. The van der Waals surface area contributed by atoms with Crippen molar-refractivity contribution < 1.29 is 18.7 Å². The molecule has 27 heavy (non-hydrogen) atoms. The van der Waals surface area contributed by atoms with Gasteiger partial charge in [0.2, 0.25) is 0 Å². The van der Waals surface area contributed by atoms with Crippen LogP contribution in [0.25, 0.3) is 0 Å². The molecule has 1 aromatic carbocycles. The fraction of sp³-hybridized carbons (Fsp3) is 0.522. The summed E-state index contributed by atoms with van der Waals surface area (Å²) in [5.74, 6) is 1.58. The maximum atomic E-state index is 14.1. The standard InChI is InChI=1S/C23H31FO3/c1-26-23(25)15-8-3-2-5-10-19-11-9-12-20(19)16-17-21(24)18-27-22-13-6-4-7-14-22/h2,4-7,13-14,16-17,19-21H,3,8-12,15,18H2,1H3/b5-2-,17-16+/t19-,20+,21-/m0/s1. The summed E-state index contributed by atoms with van der Waals surface area (Å²) in [5, 5.41) is 0. The second-order valence-electron chi connectivity index (χ2n) is 7.06. The number of unbranched alkanes of at least 4 members (excludes halogenated alkanes) is 1. The minimum Gasteiger partial charge on any atom is -0.490 e. The van der Waals surface area contributed by atoms with Crippen LogP contribution in [-0.2, 0) is 9.53 Å². The molecule has 0 saturated heterocycles. The van der Waals surface area contributed by atoms with E-state index in [1.54, 1.807) is 6.08 Å². The van der Waals surface area contributed by atoms with Crippen LogP contribution in [0.3, 0.4) is 0 Å². The Morgan fingerprint density at radius 2 is 2.07 bits per heavy atom. The van der Waals surface area contributed by atoms with Gasteiger partial charge in [-0.2, -0.15) is 0 Å². The highest BCUT2D eigenvalue weighted by atomic mass is 19.1. The SMILES string of the molecule is COC(=O)CCC/C=C\C[C@H]1CCC[C@@H]1/C=C/[C@H](F)COc1ccccc1. The van der Waals surface area contributed by atoms with E-state index >= 15 is 0 Å². The Bertz CT molecular complexity index is 597. The number of carbonyl (C=O) groups excluding carboxylic acids is 1. The van der Waals surface area contributed by atoms with E-state index in [0.717, 1.165) is 25.7 Å². The maximum Gasteiger partial charge on any atom is 0.305 e. The van der Waals surface area contributed by atoms with Gasteiger partial charge in [-0.15, -0.1) is 0 Å². The van der Waals surface area contributed by atoms with Crippen LogP contribution < -0.4 is 4.74 Å². The number of ether oxygens (including phenoxy) is 2. The molecule has 1 fully saturated rings. The predicted octanol–water partition coefficient (Wildman–Crippen LogP) is 5.67. The Morgan fingerprint density at radius 3 is 2.85 bits per heavy atom. The Balaban J connectivity index is 1.67. The van der Waals surface area contributed by atoms with Crippen molar-refractivity contribution in [2.24, 2.45) is 11.8 Å². The lowest BCUT2D eigenvalue weighted by molar-refractivity contribution is -0.140. The Labute approximate surface area is 162 Å². The monoisotopic (exact) mass is 374 g/mol. The van der Waals surface area contributed by atoms with Crippen LogP contribution >= 0.6 is 0 Å². The second-order valence-corrected chi connectivity index (χ2v) is 7.06. The molecule has 1 aromatic rings. The van der Waals surface area contributed by atoms with Crippen LogP contribution in [0.15, 0.2) is 54.6 Å². The first-order valence-corrected chi connectivity index (χ1v) is 9.91. The highest BCUT2D eigenvalue weighted by molar-refractivity contribution is 5.69. The fourth-order valence-corrected chi connectivity index (χ4v) is 3.48. The molecule has 1 aliphatic rings. The minimum atomic E-state index is -1.08. The van der Waals surface area contributed by atoms with E-state index < -0.39 is 6.17 Å². The first kappa shape index (κ1) is 21.2. The third-order valence-corrected chi connectivity index (χ3v) is 5.02. The molecule has 1 aliphatic carbocycles. The third kappa shape index (κ3) is 8.42. The number of esters is 1. The van der Waals surface area contributed by atoms with Crippen molar-refractivity contribution in [2.75, 3.05) is 13.7 Å². The van der Waals surface area contributed by atoms with Crippen molar-refractivity contribution in [3.8, 4) is 5.75 Å². The lowest BCUT2D eigenvalue weighted by Crippen LogP contribution is -2.11. The van der Waals surface area contributed by atoms with E-state index in [1.807, 2.05) is 36.4 Å². The van der Waals surface area contributed by atoms with Crippen LogP contribution in [0.1, 0.15) is 44.9 Å². The zero-order valence-electron chi connectivity index (χ0n) is 16.2. The quantitative estimate of drug-likeness (QED) is 0.285. The average molecular weight is 374 g/mol. The summed E-state index contributed by atoms with van der Waals surface area (Å²) >= 11 is 0. The van der Waals surface area contributed by atoms with E-state index in [4.69, 9.17) is 4.74 Å². The fourth-order valence-electron chi connectivity index (χ4n) is 3.48. The molecule has 0 aromatic heterocycles. The number of allylic oxidation sites excluding steroid dienone is 3. The van der Waals surface area contributed by atoms with Crippen LogP contribution in [0.5, 0.6) is 5.75 Å². The van der Waals surface area contributed by atoms with Gasteiger partial charge in [-0.25, -0.2) is 4.39 Å². The summed E-state index contributed by atoms with van der Waals surface area (Å²) in [5.41, 5.74) is 0. The number of benzene rings is 1. The normalized spacial score (nSPS) is 21.0. The maximum absolute atomic E-state index is 14.1. The Kier molecular flexibility index (Phi) is 9.67. The van der Waals surface area contributed by atoms with Crippen molar-refractivity contribution in [3.05, 3.63) is 54.6 Å². The van der Waals surface area contributed by atoms with E-state index in [-0.39, 0.29) is 12.6 Å². The topological polar surface area (TPSA) is 35.5 Å². The van der Waals surface area contributed by atoms with Crippen LogP contribution in [0.2, 0.25) is 0 Å². The predicted molar refractivity (Wildman–Crippen MR) is 106 cm³/mol. The third-order valence-electron chi connectivity index (χ3n) is 5.02. The number of hydrogen-bond acceptors (Lipinski definition) is 3. The van der Waals surface area contributed by atoms with E-state index in [1.165, 1.54) is 20.0 Å². The first-order chi connectivity index (χ1) is 13.2. The number of carbonyl (C=O) groups is 1. The molecule has 3 nitrogen and oxygen atoms in total. The van der Waals surface area contributed by atoms with Gasteiger partial charge >= 0.3 is 5.97 Å². The smallest absolute Gasteiger partial charge is 0.305 e. The molecular weight excluding hydrogens is 343 g/mol.